The second-order valence-corrected chi connectivity index (χ2v) is 27.9. The summed E-state index contributed by atoms with van der Waals surface area (Å²) >= 11 is 0. The molecule has 542 valence electrons. The number of benzene rings is 2. The molecule has 11 amide bonds. The molecular formula is C72H115N11O14. The molecular weight excluding hydrogens is 1240 g/mol. The highest BCUT2D eigenvalue weighted by Gasteiger charge is 2.45. The molecule has 0 radical (unpaired) electrons. The van der Waals surface area contributed by atoms with Crippen LogP contribution < -0.4 is 37.2 Å². The molecule has 2 aromatic rings. The average molecular weight is 1360 g/mol. The van der Waals surface area contributed by atoms with Crippen LogP contribution in [0.4, 0.5) is 10.5 Å². The number of nitrogens with two attached hydrogens (primary N) is 1. The molecule has 0 saturated carbocycles. The van der Waals surface area contributed by atoms with Crippen LogP contribution in [0.15, 0.2) is 54.6 Å². The number of imide groups is 1. The van der Waals surface area contributed by atoms with Gasteiger partial charge in [-0.25, -0.2) is 9.59 Å². The van der Waals surface area contributed by atoms with Gasteiger partial charge in [-0.15, -0.1) is 0 Å². The number of carboxylic acids is 1. The first-order valence-corrected chi connectivity index (χ1v) is 34.8. The summed E-state index contributed by atoms with van der Waals surface area (Å²) in [4.78, 5) is 156. The maximum absolute atomic E-state index is 14.9. The molecule has 2 aliphatic heterocycles. The smallest absolute Gasteiger partial charge is 0.326 e. The number of carbonyl (C=O) groups is 11. The van der Waals surface area contributed by atoms with E-state index < -0.39 is 90.1 Å². The highest BCUT2D eigenvalue weighted by Crippen LogP contribution is 2.31. The van der Waals surface area contributed by atoms with Crippen molar-refractivity contribution in [3.05, 3.63) is 65.7 Å². The lowest BCUT2D eigenvalue weighted by atomic mass is 9.89. The van der Waals surface area contributed by atoms with Gasteiger partial charge in [0.05, 0.1) is 42.7 Å². The molecule has 0 bridgehead atoms. The van der Waals surface area contributed by atoms with Gasteiger partial charge in [-0.1, -0.05) is 131 Å². The minimum Gasteiger partial charge on any atom is -0.480 e. The first-order chi connectivity index (χ1) is 45.8. The van der Waals surface area contributed by atoms with Crippen molar-refractivity contribution >= 4 is 70.9 Å². The van der Waals surface area contributed by atoms with Crippen molar-refractivity contribution < 1.29 is 67.3 Å². The van der Waals surface area contributed by atoms with E-state index >= 15 is 0 Å². The van der Waals surface area contributed by atoms with Crippen molar-refractivity contribution in [1.29, 1.82) is 0 Å². The number of urea groups is 1. The fourth-order valence-electron chi connectivity index (χ4n) is 13.3. The predicted molar refractivity (Wildman–Crippen MR) is 371 cm³/mol. The van der Waals surface area contributed by atoms with Crippen LogP contribution in [0.3, 0.4) is 0 Å². The number of anilines is 1. The SMILES string of the molecule is CC[C@H](C)[C@@H]([C@@H](CC(=O)N1CCC[C@H]1[C@H](OC)[C@@H](C)C(=O)N[C@@H](Cc1ccccc1)C(=O)O)OC)N(C)C(=O)[C@@H](NC(=O)[C@H](C(C)C)N(C)CCc1ccc(N(C)C(=O)[C@H](CCCNC(N)=O)NC(=O)[C@@H](NC(=O)CCCCCN2C(=O)CC(C(C)C)C2=O)C(C)C)cc1)C(C)C. The van der Waals surface area contributed by atoms with Crippen molar-refractivity contribution in [2.45, 2.75) is 214 Å². The number of primary amides is 1. The lowest BCUT2D eigenvalue weighted by molar-refractivity contribution is -0.148. The highest BCUT2D eigenvalue weighted by molar-refractivity contribution is 6.03. The summed E-state index contributed by atoms with van der Waals surface area (Å²) in [6, 6.07) is 9.77. The summed E-state index contributed by atoms with van der Waals surface area (Å²) in [7, 11) is 8.13. The van der Waals surface area contributed by atoms with Gasteiger partial charge in [-0.05, 0) is 105 Å². The van der Waals surface area contributed by atoms with E-state index in [0.717, 1.165) is 11.1 Å². The number of aliphatic carboxylic acids is 1. The Kier molecular flexibility index (Phi) is 33.6. The van der Waals surface area contributed by atoms with E-state index in [0.29, 0.717) is 76.7 Å². The number of methoxy groups -OCH3 is 2. The Balaban J connectivity index is 1.39. The Bertz CT molecular complexity index is 2930. The van der Waals surface area contributed by atoms with Gasteiger partial charge in [0.25, 0.3) is 0 Å². The molecule has 4 rings (SSSR count). The number of amides is 11. The van der Waals surface area contributed by atoms with Gasteiger partial charge in [0.15, 0.2) is 0 Å². The molecule has 25 heteroatoms. The zero-order valence-electron chi connectivity index (χ0n) is 60.5. The molecule has 8 N–H and O–H groups in total. The third-order valence-corrected chi connectivity index (χ3v) is 19.4. The van der Waals surface area contributed by atoms with Crippen LogP contribution in [-0.2, 0) is 70.3 Å². The molecule has 25 nitrogen and oxygen atoms in total. The van der Waals surface area contributed by atoms with Crippen LogP contribution in [0.25, 0.3) is 0 Å². The highest BCUT2D eigenvalue weighted by atomic mass is 16.5. The van der Waals surface area contributed by atoms with E-state index in [1.165, 1.54) is 24.0 Å². The number of rotatable bonds is 41. The molecule has 97 heavy (non-hydrogen) atoms. The fourth-order valence-corrected chi connectivity index (χ4v) is 13.3. The van der Waals surface area contributed by atoms with Crippen molar-refractivity contribution in [3.8, 4) is 0 Å². The van der Waals surface area contributed by atoms with E-state index in [2.05, 4.69) is 26.6 Å². The number of nitrogens with zero attached hydrogens (tertiary/aromatic N) is 5. The van der Waals surface area contributed by atoms with Crippen LogP contribution in [0, 0.1) is 41.4 Å². The standard InChI is InChI=1S/C72H115N11O14/c1-17-47(10)63(56(96-15)42-59(86)82-38-25-29-55(82)64(97-16)48(11)65(87)76-54(71(93)94)40-50-26-20-18-21-27-50)81(14)70(92)61(45(6)7)78-67(89)62(46(8)9)79(12)39-35-49-31-33-51(34-32-49)80(13)69(91)53(28-24-36-74-72(73)95)75-66(88)60(44(4)5)77-57(84)30-22-19-23-37-83-58(85)41-52(43(2)3)68(83)90/h18,20-21,26-27,31-34,43-48,52-56,60-64H,17,19,22-25,28-30,35-42H2,1-16H3,(H,75,88)(H,76,87)(H,77,84)(H,78,89)(H,93,94)(H3,73,74,95)/t47-,48+,52?,53-,54-,55-,56+,60-,61-,62-,63-,64+/m0/s1. The van der Waals surface area contributed by atoms with Gasteiger partial charge in [0.1, 0.15) is 24.2 Å². The number of ether oxygens (including phenoxy) is 2. The van der Waals surface area contributed by atoms with Gasteiger partial charge in [-0.2, -0.15) is 0 Å². The predicted octanol–water partition coefficient (Wildman–Crippen LogP) is 5.69. The van der Waals surface area contributed by atoms with Crippen LogP contribution >= 0.6 is 0 Å². The van der Waals surface area contributed by atoms with E-state index in [1.807, 2.05) is 85.5 Å². The lowest BCUT2D eigenvalue weighted by Gasteiger charge is -2.41. The number of hydrogen-bond acceptors (Lipinski definition) is 14. The van der Waals surface area contributed by atoms with Gasteiger partial charge in [-0.3, -0.25) is 53.0 Å². The quantitative estimate of drug-likeness (QED) is 0.0311. The summed E-state index contributed by atoms with van der Waals surface area (Å²) < 4.78 is 12.1. The Morgan fingerprint density at radius 2 is 1.35 bits per heavy atom. The molecule has 0 spiro atoms. The maximum atomic E-state index is 14.9. The van der Waals surface area contributed by atoms with E-state index in [1.54, 1.807) is 81.1 Å². The fraction of sp³-hybridized carbons (Fsp3) is 0.681. The van der Waals surface area contributed by atoms with Crippen molar-refractivity contribution in [1.82, 2.24) is 46.2 Å². The van der Waals surface area contributed by atoms with E-state index in [9.17, 15) is 57.8 Å². The van der Waals surface area contributed by atoms with Gasteiger partial charge in [0.2, 0.25) is 53.2 Å². The molecule has 2 aliphatic rings. The van der Waals surface area contributed by atoms with Crippen molar-refractivity contribution in [2.75, 3.05) is 66.4 Å². The topological polar surface area (TPSA) is 329 Å². The Morgan fingerprint density at radius 3 is 1.91 bits per heavy atom. The van der Waals surface area contributed by atoms with E-state index in [-0.39, 0.29) is 110 Å². The molecule has 2 fully saturated rings. The summed E-state index contributed by atoms with van der Waals surface area (Å²) in [6.07, 6.45) is 3.24. The number of hydrogen-bond donors (Lipinski definition) is 7. The van der Waals surface area contributed by atoms with Crippen molar-refractivity contribution in [3.63, 3.8) is 0 Å². The molecule has 0 aromatic heterocycles. The zero-order chi connectivity index (χ0) is 72.5. The number of likely N-dealkylation sites (N-methyl/N-ethyl adjacent to an activating group) is 3. The van der Waals surface area contributed by atoms with Crippen molar-refractivity contribution in [2.24, 2.45) is 47.2 Å². The molecule has 1 unspecified atom stereocenters. The first kappa shape index (κ1) is 81.9. The second-order valence-electron chi connectivity index (χ2n) is 27.9. The van der Waals surface area contributed by atoms with Crippen LogP contribution in [0.5, 0.6) is 0 Å². The number of likely N-dealkylation sites (tertiary alicyclic amines) is 2. The Labute approximate surface area is 575 Å². The largest absolute Gasteiger partial charge is 0.480 e. The second kappa shape index (κ2) is 39.8. The summed E-state index contributed by atoms with van der Waals surface area (Å²) in [5, 5.41) is 24.1. The summed E-state index contributed by atoms with van der Waals surface area (Å²) in [5.41, 5.74) is 7.51. The normalized spacial score (nSPS) is 18.0. The van der Waals surface area contributed by atoms with Crippen LogP contribution in [-0.4, -0.2) is 206 Å². The number of nitrogens with one attached hydrogen (secondary N) is 5. The van der Waals surface area contributed by atoms with Gasteiger partial charge in [0, 0.05) is 85.4 Å². The van der Waals surface area contributed by atoms with Crippen LogP contribution in [0.1, 0.15) is 158 Å². The molecule has 12 atom stereocenters. The Hall–Kier alpha value is -7.51. The minimum atomic E-state index is -1.18. The molecule has 0 aliphatic carbocycles. The number of carboxylic acid groups (broad SMARTS) is 1. The third-order valence-electron chi connectivity index (χ3n) is 19.4. The minimum absolute atomic E-state index is 0.0709. The molecule has 2 heterocycles. The van der Waals surface area contributed by atoms with Gasteiger partial charge >= 0.3 is 12.0 Å². The molecule has 2 saturated heterocycles. The number of carbonyl (C=O) groups excluding carboxylic acids is 10. The Morgan fingerprint density at radius 1 is 0.711 bits per heavy atom. The summed E-state index contributed by atoms with van der Waals surface area (Å²) in [6.45, 7) is 22.0. The maximum Gasteiger partial charge on any atom is 0.326 e. The number of unbranched alkanes of at least 4 members (excludes halogenated alkanes) is 2. The molecule has 2 aromatic carbocycles. The monoisotopic (exact) mass is 1360 g/mol. The average Bonchev–Trinajstić information content (AvgIpc) is 1.82. The van der Waals surface area contributed by atoms with Gasteiger partial charge < -0.3 is 61.6 Å². The van der Waals surface area contributed by atoms with Crippen LogP contribution in [0.2, 0.25) is 0 Å². The third kappa shape index (κ3) is 23.9. The van der Waals surface area contributed by atoms with E-state index in [4.69, 9.17) is 15.2 Å². The first-order valence-electron chi connectivity index (χ1n) is 34.8. The lowest BCUT2D eigenvalue weighted by Crippen LogP contribution is -2.60. The zero-order valence-corrected chi connectivity index (χ0v) is 60.5. The summed E-state index contributed by atoms with van der Waals surface area (Å²) in [5.74, 6) is -6.30.